The van der Waals surface area contributed by atoms with Crippen LogP contribution in [0.3, 0.4) is 0 Å². The number of amides is 1. The van der Waals surface area contributed by atoms with E-state index in [-0.39, 0.29) is 23.9 Å². The second kappa shape index (κ2) is 8.64. The van der Waals surface area contributed by atoms with Gasteiger partial charge in [0.2, 0.25) is 5.89 Å². The number of fused-ring (bicyclic) bond motifs is 1. The average Bonchev–Trinajstić information content (AvgIpc) is 3.38. The highest BCUT2D eigenvalue weighted by Crippen LogP contribution is 2.31. The van der Waals surface area contributed by atoms with Crippen LogP contribution in [-0.2, 0) is 6.54 Å². The fraction of sp³-hybridized carbons (Fsp3) is 0.0435. The van der Waals surface area contributed by atoms with E-state index in [1.807, 2.05) is 30.3 Å². The van der Waals surface area contributed by atoms with Gasteiger partial charge in [-0.2, -0.15) is 0 Å². The first-order valence-electron chi connectivity index (χ1n) is 9.89. The van der Waals surface area contributed by atoms with E-state index >= 15 is 0 Å². The molecular formula is C23H16ClN7O2. The molecule has 4 heterocycles. The number of nitrogens with two attached hydrogens (primary N) is 1. The third-order valence-corrected chi connectivity index (χ3v) is 5.09. The lowest BCUT2D eigenvalue weighted by Crippen LogP contribution is -2.26. The zero-order valence-corrected chi connectivity index (χ0v) is 17.8. The van der Waals surface area contributed by atoms with E-state index in [1.165, 1.54) is 18.7 Å². The minimum atomic E-state index is -0.487. The Balaban J connectivity index is 1.55. The van der Waals surface area contributed by atoms with Crippen molar-refractivity contribution in [3.8, 4) is 22.8 Å². The Kier molecular flexibility index (Phi) is 5.37. The number of hydrogen-bond acceptors (Lipinski definition) is 8. The lowest BCUT2D eigenvalue weighted by atomic mass is 10.1. The lowest BCUT2D eigenvalue weighted by Gasteiger charge is -2.12. The summed E-state index contributed by atoms with van der Waals surface area (Å²) in [5.74, 6) is -0.289. The molecule has 10 heteroatoms. The smallest absolute Gasteiger partial charge is 0.274 e. The number of rotatable bonds is 5. The van der Waals surface area contributed by atoms with Crippen molar-refractivity contribution in [2.24, 2.45) is 0 Å². The maximum Gasteiger partial charge on any atom is 0.274 e. The van der Waals surface area contributed by atoms with E-state index in [9.17, 15) is 4.79 Å². The summed E-state index contributed by atoms with van der Waals surface area (Å²) in [4.78, 5) is 34.6. The van der Waals surface area contributed by atoms with E-state index in [0.717, 1.165) is 10.9 Å². The van der Waals surface area contributed by atoms with Gasteiger partial charge in [-0.3, -0.25) is 14.8 Å². The number of nitrogen functional groups attached to an aromatic ring is 1. The van der Waals surface area contributed by atoms with Crippen molar-refractivity contribution in [1.82, 2.24) is 30.2 Å². The van der Waals surface area contributed by atoms with Crippen LogP contribution in [0, 0.1) is 0 Å². The predicted molar refractivity (Wildman–Crippen MR) is 123 cm³/mol. The van der Waals surface area contributed by atoms with Crippen LogP contribution in [0.15, 0.2) is 71.7 Å². The summed E-state index contributed by atoms with van der Waals surface area (Å²) in [7, 11) is 0. The molecule has 0 atom stereocenters. The highest BCUT2D eigenvalue weighted by molar-refractivity contribution is 6.30. The average molecular weight is 458 g/mol. The second-order valence-electron chi connectivity index (χ2n) is 7.05. The summed E-state index contributed by atoms with van der Waals surface area (Å²) in [6, 6.07) is 12.8. The summed E-state index contributed by atoms with van der Waals surface area (Å²) >= 11 is 5.86. The second-order valence-corrected chi connectivity index (χ2v) is 7.49. The number of oxazole rings is 1. The van der Waals surface area contributed by atoms with E-state index < -0.39 is 5.91 Å². The van der Waals surface area contributed by atoms with Crippen molar-refractivity contribution < 1.29 is 9.21 Å². The highest BCUT2D eigenvalue weighted by Gasteiger charge is 2.22. The van der Waals surface area contributed by atoms with Crippen LogP contribution in [-0.4, -0.2) is 30.8 Å². The Labute approximate surface area is 192 Å². The molecule has 0 spiro atoms. The molecule has 0 saturated carbocycles. The molecule has 0 aliphatic rings. The van der Waals surface area contributed by atoms with Crippen molar-refractivity contribution in [3.63, 3.8) is 0 Å². The Bertz CT molecular complexity index is 1450. The van der Waals surface area contributed by atoms with E-state index in [0.29, 0.717) is 27.7 Å². The monoisotopic (exact) mass is 457 g/mol. The number of halogens is 1. The topological polar surface area (TPSA) is 133 Å². The summed E-state index contributed by atoms with van der Waals surface area (Å²) in [5.41, 5.74) is 9.01. The molecule has 33 heavy (non-hydrogen) atoms. The maximum atomic E-state index is 12.9. The number of carbonyl (C=O) groups excluding carboxylic acids is 1. The van der Waals surface area contributed by atoms with Crippen LogP contribution in [0.4, 0.5) is 5.82 Å². The SMILES string of the molecule is Nc1nc(-c2ncco2)c(-c2ccc3ncccc3c2)nc1C(=O)NCc1ccc(Cl)cn1. The molecule has 1 amide bonds. The highest BCUT2D eigenvalue weighted by atomic mass is 35.5. The molecule has 162 valence electrons. The molecule has 0 bridgehead atoms. The maximum absolute atomic E-state index is 12.9. The predicted octanol–water partition coefficient (Wildman–Crippen LogP) is 3.91. The number of carbonyl (C=O) groups is 1. The Morgan fingerprint density at radius 2 is 1.94 bits per heavy atom. The van der Waals surface area contributed by atoms with Crippen molar-refractivity contribution in [3.05, 3.63) is 83.7 Å². The largest absolute Gasteiger partial charge is 0.443 e. The van der Waals surface area contributed by atoms with Gasteiger partial charge in [0.05, 0.1) is 29.0 Å². The summed E-state index contributed by atoms with van der Waals surface area (Å²) in [6.07, 6.45) is 6.17. The van der Waals surface area contributed by atoms with Crippen LogP contribution in [0.1, 0.15) is 16.2 Å². The number of benzene rings is 1. The van der Waals surface area contributed by atoms with Gasteiger partial charge in [-0.1, -0.05) is 23.7 Å². The third-order valence-electron chi connectivity index (χ3n) is 4.87. The molecule has 5 rings (SSSR count). The zero-order valence-electron chi connectivity index (χ0n) is 17.1. The molecule has 1 aromatic carbocycles. The van der Waals surface area contributed by atoms with Gasteiger partial charge < -0.3 is 15.5 Å². The van der Waals surface area contributed by atoms with Gasteiger partial charge in [0, 0.05) is 23.3 Å². The zero-order chi connectivity index (χ0) is 22.8. The molecule has 0 fully saturated rings. The number of nitrogens with zero attached hydrogens (tertiary/aromatic N) is 5. The molecule has 0 unspecified atom stereocenters. The lowest BCUT2D eigenvalue weighted by molar-refractivity contribution is 0.0946. The number of aromatic nitrogens is 5. The Morgan fingerprint density at radius 3 is 2.73 bits per heavy atom. The Hall–Kier alpha value is -4.37. The molecular weight excluding hydrogens is 442 g/mol. The summed E-state index contributed by atoms with van der Waals surface area (Å²) < 4.78 is 5.44. The van der Waals surface area contributed by atoms with Gasteiger partial charge >= 0.3 is 0 Å². The molecule has 0 aliphatic heterocycles. The molecule has 0 saturated heterocycles. The quantitative estimate of drug-likeness (QED) is 0.406. The number of pyridine rings is 2. The van der Waals surface area contributed by atoms with Crippen molar-refractivity contribution >= 4 is 34.2 Å². The fourth-order valence-electron chi connectivity index (χ4n) is 3.29. The van der Waals surface area contributed by atoms with Crippen LogP contribution in [0.25, 0.3) is 33.7 Å². The summed E-state index contributed by atoms with van der Waals surface area (Å²) in [5, 5.41) is 4.18. The molecule has 0 radical (unpaired) electrons. The molecule has 4 aromatic heterocycles. The van der Waals surface area contributed by atoms with E-state index in [2.05, 4.69) is 30.2 Å². The van der Waals surface area contributed by atoms with E-state index in [4.69, 9.17) is 21.8 Å². The minimum absolute atomic E-state index is 0.0134. The van der Waals surface area contributed by atoms with Gasteiger partial charge in [-0.15, -0.1) is 0 Å². The van der Waals surface area contributed by atoms with Crippen LogP contribution < -0.4 is 11.1 Å². The van der Waals surface area contributed by atoms with Gasteiger partial charge in [0.15, 0.2) is 17.2 Å². The van der Waals surface area contributed by atoms with Crippen molar-refractivity contribution in [2.45, 2.75) is 6.54 Å². The first-order valence-corrected chi connectivity index (χ1v) is 10.3. The molecule has 0 aliphatic carbocycles. The number of hydrogen-bond donors (Lipinski definition) is 2. The van der Waals surface area contributed by atoms with Crippen LogP contribution in [0.5, 0.6) is 0 Å². The standard InChI is InChI=1S/C23H16ClN7O2/c24-15-4-5-16(28-11-15)12-29-22(32)20-21(25)31-19(23-27-8-9-33-23)18(30-20)14-3-6-17-13(10-14)2-1-7-26-17/h1-11H,12H2,(H2,25,31)(H,29,32). The first kappa shape index (κ1) is 20.5. The van der Waals surface area contributed by atoms with Crippen molar-refractivity contribution in [2.75, 3.05) is 5.73 Å². The molecule has 5 aromatic rings. The first-order chi connectivity index (χ1) is 16.1. The Morgan fingerprint density at radius 1 is 1.03 bits per heavy atom. The van der Waals surface area contributed by atoms with E-state index in [1.54, 1.807) is 18.3 Å². The summed E-state index contributed by atoms with van der Waals surface area (Å²) in [6.45, 7) is 0.176. The number of anilines is 1. The normalized spacial score (nSPS) is 10.9. The van der Waals surface area contributed by atoms with Gasteiger partial charge in [-0.25, -0.2) is 15.0 Å². The third kappa shape index (κ3) is 4.21. The number of nitrogens with one attached hydrogen (secondary N) is 1. The van der Waals surface area contributed by atoms with Gasteiger partial charge in [0.25, 0.3) is 5.91 Å². The van der Waals surface area contributed by atoms with Gasteiger partial charge in [-0.05, 0) is 30.3 Å². The minimum Gasteiger partial charge on any atom is -0.443 e. The molecule has 9 nitrogen and oxygen atoms in total. The van der Waals surface area contributed by atoms with Crippen molar-refractivity contribution in [1.29, 1.82) is 0 Å². The van der Waals surface area contributed by atoms with Crippen LogP contribution >= 0.6 is 11.6 Å². The molecule has 3 N–H and O–H groups in total. The van der Waals surface area contributed by atoms with Crippen LogP contribution in [0.2, 0.25) is 5.02 Å². The fourth-order valence-corrected chi connectivity index (χ4v) is 3.41. The van der Waals surface area contributed by atoms with Gasteiger partial charge in [0.1, 0.15) is 12.0 Å².